The summed E-state index contributed by atoms with van der Waals surface area (Å²) in [5.41, 5.74) is 4.05. The van der Waals surface area contributed by atoms with Crippen LogP contribution < -0.4 is 20.3 Å². The third-order valence-corrected chi connectivity index (χ3v) is 6.03. The highest BCUT2D eigenvalue weighted by molar-refractivity contribution is 6.04. The third kappa shape index (κ3) is 4.67. The van der Waals surface area contributed by atoms with E-state index in [9.17, 15) is 9.18 Å². The van der Waals surface area contributed by atoms with Crippen molar-refractivity contribution < 1.29 is 18.7 Å². The molecule has 3 aromatic rings. The predicted octanol–water partition coefficient (Wildman–Crippen LogP) is 3.19. The van der Waals surface area contributed by atoms with Crippen LogP contribution in [0.25, 0.3) is 0 Å². The highest BCUT2D eigenvalue weighted by Crippen LogP contribution is 2.36. The largest absolute Gasteiger partial charge is 0.494 e. The van der Waals surface area contributed by atoms with Gasteiger partial charge >= 0.3 is 0 Å². The van der Waals surface area contributed by atoms with E-state index >= 15 is 0 Å². The molecule has 2 atom stereocenters. The Morgan fingerprint density at radius 2 is 2.06 bits per heavy atom. The van der Waals surface area contributed by atoms with Gasteiger partial charge in [0.1, 0.15) is 11.9 Å². The monoisotopic (exact) mass is 468 g/mol. The van der Waals surface area contributed by atoms with Crippen molar-refractivity contribution in [3.63, 3.8) is 0 Å². The first kappa shape index (κ1) is 23.5. The van der Waals surface area contributed by atoms with Crippen molar-refractivity contribution in [2.45, 2.75) is 39.1 Å². The number of aryl methyl sites for hydroxylation is 1. The number of nitrogens with zero attached hydrogens (tertiary/aromatic N) is 4. The zero-order valence-electron chi connectivity index (χ0n) is 19.9. The highest BCUT2D eigenvalue weighted by Gasteiger charge is 2.36. The Morgan fingerprint density at radius 3 is 2.76 bits per heavy atom. The molecule has 34 heavy (non-hydrogen) atoms. The molecule has 3 heterocycles. The van der Waals surface area contributed by atoms with E-state index in [1.807, 2.05) is 44.1 Å². The highest BCUT2D eigenvalue weighted by atomic mass is 19.1. The van der Waals surface area contributed by atoms with Gasteiger partial charge in [0.05, 0.1) is 43.0 Å². The molecule has 1 aliphatic heterocycles. The van der Waals surface area contributed by atoms with Crippen molar-refractivity contribution >= 4 is 23.1 Å². The molecule has 9 nitrogen and oxygen atoms in total. The van der Waals surface area contributed by atoms with E-state index < -0.39 is 11.9 Å². The lowest BCUT2D eigenvalue weighted by molar-refractivity contribution is -0.120. The van der Waals surface area contributed by atoms with Crippen LogP contribution in [0.15, 0.2) is 36.7 Å². The van der Waals surface area contributed by atoms with Crippen molar-refractivity contribution in [3.8, 4) is 5.75 Å². The summed E-state index contributed by atoms with van der Waals surface area (Å²) >= 11 is 0. The Morgan fingerprint density at radius 1 is 1.26 bits per heavy atom. The number of fused-ring (bicyclic) bond motifs is 1. The van der Waals surface area contributed by atoms with Gasteiger partial charge in [0, 0.05) is 38.5 Å². The van der Waals surface area contributed by atoms with Crippen LogP contribution in [-0.2, 0) is 22.6 Å². The third-order valence-electron chi connectivity index (χ3n) is 6.03. The Balaban J connectivity index is 1.45. The number of anilines is 3. The maximum absolute atomic E-state index is 14.0. The van der Waals surface area contributed by atoms with Crippen molar-refractivity contribution in [1.29, 1.82) is 0 Å². The molecule has 0 bridgehead atoms. The zero-order valence-corrected chi connectivity index (χ0v) is 19.9. The molecular formula is C24H29FN6O3. The lowest BCUT2D eigenvalue weighted by Crippen LogP contribution is -2.52. The number of carbonyl (C=O) groups excluding carboxylic acids is 1. The van der Waals surface area contributed by atoms with Crippen LogP contribution in [0.3, 0.4) is 0 Å². The van der Waals surface area contributed by atoms with Crippen molar-refractivity contribution in [2.75, 3.05) is 36.8 Å². The molecule has 0 unspecified atom stereocenters. The quantitative estimate of drug-likeness (QED) is 0.524. The van der Waals surface area contributed by atoms with E-state index in [1.165, 1.54) is 13.2 Å². The number of aromatic nitrogens is 3. The number of amides is 1. The van der Waals surface area contributed by atoms with E-state index in [4.69, 9.17) is 9.47 Å². The molecule has 0 radical (unpaired) electrons. The van der Waals surface area contributed by atoms with Crippen LogP contribution in [-0.4, -0.2) is 54.1 Å². The van der Waals surface area contributed by atoms with Gasteiger partial charge in [0.15, 0.2) is 11.6 Å². The van der Waals surface area contributed by atoms with Crippen LogP contribution >= 0.6 is 0 Å². The van der Waals surface area contributed by atoms with Crippen LogP contribution in [0.4, 0.5) is 21.6 Å². The number of nitrogens with one attached hydrogen (secondary N) is 2. The molecule has 0 saturated carbocycles. The summed E-state index contributed by atoms with van der Waals surface area (Å²) in [5.74, 6) is 0.397. The lowest BCUT2D eigenvalue weighted by atomic mass is 10.0. The number of hydrogen-bond donors (Lipinski definition) is 2. The number of rotatable bonds is 8. The first-order valence-corrected chi connectivity index (χ1v) is 11.0. The SMILES string of the molecule is COc1ccc(Cn2cc(CNc3cc4c(c(C)n3)NC(=O)[C@H]([C@@H](C)OC)N4C)cn2)cc1F. The number of hydrogen-bond acceptors (Lipinski definition) is 7. The van der Waals surface area contributed by atoms with Gasteiger partial charge in [0.2, 0.25) is 5.91 Å². The molecular weight excluding hydrogens is 439 g/mol. The number of benzene rings is 1. The van der Waals surface area contributed by atoms with E-state index in [0.29, 0.717) is 24.6 Å². The Bertz CT molecular complexity index is 1200. The first-order chi connectivity index (χ1) is 16.3. The minimum absolute atomic E-state index is 0.112. The van der Waals surface area contributed by atoms with E-state index in [1.54, 1.807) is 24.1 Å². The molecule has 0 saturated heterocycles. The molecule has 1 aliphatic rings. The topological polar surface area (TPSA) is 93.5 Å². The lowest BCUT2D eigenvalue weighted by Gasteiger charge is -2.38. The van der Waals surface area contributed by atoms with Crippen LogP contribution in [0, 0.1) is 12.7 Å². The summed E-state index contributed by atoms with van der Waals surface area (Å²) in [5, 5.41) is 10.7. The summed E-state index contributed by atoms with van der Waals surface area (Å²) in [6.07, 6.45) is 3.40. The van der Waals surface area contributed by atoms with Gasteiger partial charge in [-0.1, -0.05) is 6.07 Å². The van der Waals surface area contributed by atoms with Gasteiger partial charge < -0.3 is 25.0 Å². The molecule has 2 N–H and O–H groups in total. The summed E-state index contributed by atoms with van der Waals surface area (Å²) in [6.45, 7) is 4.69. The summed E-state index contributed by atoms with van der Waals surface area (Å²) in [4.78, 5) is 19.1. The molecule has 10 heteroatoms. The average Bonchev–Trinajstić information content (AvgIpc) is 3.25. The Hall–Kier alpha value is -3.66. The second-order valence-electron chi connectivity index (χ2n) is 8.34. The number of ether oxygens (including phenoxy) is 2. The zero-order chi connectivity index (χ0) is 24.4. The minimum Gasteiger partial charge on any atom is -0.494 e. The van der Waals surface area contributed by atoms with Crippen molar-refractivity contribution in [3.05, 3.63) is 59.3 Å². The fourth-order valence-electron chi connectivity index (χ4n) is 4.13. The van der Waals surface area contributed by atoms with Gasteiger partial charge in [0.25, 0.3) is 0 Å². The van der Waals surface area contributed by atoms with Crippen molar-refractivity contribution in [2.24, 2.45) is 0 Å². The maximum Gasteiger partial charge on any atom is 0.249 e. The Labute approximate surface area is 197 Å². The van der Waals surface area contributed by atoms with Crippen molar-refractivity contribution in [1.82, 2.24) is 14.8 Å². The fourth-order valence-corrected chi connectivity index (χ4v) is 4.13. The van der Waals surface area contributed by atoms with Gasteiger partial charge in [-0.3, -0.25) is 9.48 Å². The molecule has 0 fully saturated rings. The minimum atomic E-state index is -0.437. The standard InChI is InChI=1S/C24H29FN6O3/c1-14-22-19(30(3)23(15(2)33-4)24(32)29-22)9-21(28-14)26-10-17-11-27-31(13-17)12-16-6-7-20(34-5)18(25)8-16/h6-9,11,13,15,23H,10,12H2,1-5H3,(H,26,28)(H,29,32)/t15-,23+/m1/s1. The normalized spacial score (nSPS) is 16.1. The Kier molecular flexibility index (Phi) is 6.69. The molecule has 180 valence electrons. The number of halogens is 1. The number of likely N-dealkylation sites (N-methyl/N-ethyl adjacent to an activating group) is 1. The van der Waals surface area contributed by atoms with E-state index in [2.05, 4.69) is 20.7 Å². The van der Waals surface area contributed by atoms with E-state index in [-0.39, 0.29) is 17.8 Å². The van der Waals surface area contributed by atoms with Crippen LogP contribution in [0.5, 0.6) is 5.75 Å². The molecule has 2 aromatic heterocycles. The van der Waals surface area contributed by atoms with Gasteiger partial charge in [-0.25, -0.2) is 9.37 Å². The van der Waals surface area contributed by atoms with Gasteiger partial charge in [-0.2, -0.15) is 5.10 Å². The van der Waals surface area contributed by atoms with Crippen LogP contribution in [0.1, 0.15) is 23.7 Å². The maximum atomic E-state index is 14.0. The molecule has 0 spiro atoms. The second kappa shape index (κ2) is 9.68. The number of pyridine rings is 1. The first-order valence-electron chi connectivity index (χ1n) is 11.0. The molecule has 0 aliphatic carbocycles. The smallest absolute Gasteiger partial charge is 0.249 e. The second-order valence-corrected chi connectivity index (χ2v) is 8.34. The number of carbonyl (C=O) groups is 1. The predicted molar refractivity (Wildman–Crippen MR) is 128 cm³/mol. The van der Waals surface area contributed by atoms with E-state index in [0.717, 1.165) is 22.5 Å². The summed E-state index contributed by atoms with van der Waals surface area (Å²) < 4.78 is 26.1. The fraction of sp³-hybridized carbons (Fsp3) is 0.375. The average molecular weight is 469 g/mol. The van der Waals surface area contributed by atoms with Gasteiger partial charge in [-0.15, -0.1) is 0 Å². The summed E-state index contributed by atoms with van der Waals surface area (Å²) in [6, 6.07) is 6.35. The van der Waals surface area contributed by atoms with Gasteiger partial charge in [-0.05, 0) is 31.5 Å². The summed E-state index contributed by atoms with van der Waals surface area (Å²) in [7, 11) is 4.92. The molecule has 1 aromatic carbocycles. The molecule has 4 rings (SSSR count). The number of methoxy groups -OCH3 is 2. The van der Waals surface area contributed by atoms with Crippen LogP contribution in [0.2, 0.25) is 0 Å². The molecule has 1 amide bonds.